The lowest BCUT2D eigenvalue weighted by Crippen LogP contribution is -2.55. The van der Waals surface area contributed by atoms with Crippen molar-refractivity contribution in [3.05, 3.63) is 18.2 Å². The Bertz CT molecular complexity index is 571. The van der Waals surface area contributed by atoms with Crippen molar-refractivity contribution >= 4 is 11.9 Å². The number of urea groups is 1. The van der Waals surface area contributed by atoms with Crippen molar-refractivity contribution in [1.29, 1.82) is 0 Å². The summed E-state index contributed by atoms with van der Waals surface area (Å²) in [5.41, 5.74) is 0. The van der Waals surface area contributed by atoms with Crippen molar-refractivity contribution in [2.45, 2.75) is 44.7 Å². The molecule has 3 amide bonds. The number of H-pyrrole nitrogens is 1. The molecule has 0 unspecified atom stereocenters. The number of nitrogens with zero attached hydrogens (tertiary/aromatic N) is 3. The van der Waals surface area contributed by atoms with E-state index in [0.29, 0.717) is 39.3 Å². The molecule has 1 aromatic heterocycles. The maximum Gasteiger partial charge on any atom is 0.318 e. The molecule has 0 spiro atoms. The molecule has 3 heterocycles. The van der Waals surface area contributed by atoms with Crippen LogP contribution in [-0.4, -0.2) is 70.6 Å². The number of aromatic amines is 1. The number of carbonyl (C=O) groups is 2. The van der Waals surface area contributed by atoms with Crippen LogP contribution in [0.3, 0.4) is 0 Å². The number of carbonyl (C=O) groups excluding carboxylic acids is 2. The van der Waals surface area contributed by atoms with Crippen LogP contribution >= 0.6 is 0 Å². The van der Waals surface area contributed by atoms with Gasteiger partial charge in [0.1, 0.15) is 11.9 Å². The van der Waals surface area contributed by atoms with Crippen LogP contribution in [0.4, 0.5) is 4.79 Å². The first-order valence-corrected chi connectivity index (χ1v) is 9.13. The van der Waals surface area contributed by atoms with Gasteiger partial charge in [-0.3, -0.25) is 4.79 Å². The van der Waals surface area contributed by atoms with Crippen molar-refractivity contribution in [2.24, 2.45) is 0 Å². The molecule has 25 heavy (non-hydrogen) atoms. The molecule has 2 N–H and O–H groups in total. The molecular formula is C17H27N5O3. The number of morpholine rings is 1. The molecule has 2 atom stereocenters. The number of likely N-dealkylation sites (tertiary alicyclic amines) is 1. The van der Waals surface area contributed by atoms with E-state index in [0.717, 1.165) is 25.1 Å². The van der Waals surface area contributed by atoms with Gasteiger partial charge in [-0.15, -0.1) is 0 Å². The van der Waals surface area contributed by atoms with Gasteiger partial charge in [0.2, 0.25) is 5.91 Å². The number of piperidine rings is 1. The van der Waals surface area contributed by atoms with E-state index in [4.69, 9.17) is 4.74 Å². The number of amides is 3. The Kier molecular flexibility index (Phi) is 5.91. The number of nitrogens with one attached hydrogen (secondary N) is 2. The minimum absolute atomic E-state index is 0.0225. The maximum atomic E-state index is 12.8. The van der Waals surface area contributed by atoms with Crippen molar-refractivity contribution in [1.82, 2.24) is 25.1 Å². The summed E-state index contributed by atoms with van der Waals surface area (Å²) in [6.07, 6.45) is 6.97. The van der Waals surface area contributed by atoms with Gasteiger partial charge in [0.15, 0.2) is 0 Å². The van der Waals surface area contributed by atoms with Gasteiger partial charge >= 0.3 is 6.03 Å². The highest BCUT2D eigenvalue weighted by Gasteiger charge is 2.32. The number of imidazole rings is 1. The third kappa shape index (κ3) is 4.12. The van der Waals surface area contributed by atoms with Crippen LogP contribution in [0.15, 0.2) is 12.4 Å². The Morgan fingerprint density at radius 1 is 1.36 bits per heavy atom. The Morgan fingerprint density at radius 3 is 2.84 bits per heavy atom. The summed E-state index contributed by atoms with van der Waals surface area (Å²) in [7, 11) is 0. The summed E-state index contributed by atoms with van der Waals surface area (Å²) < 4.78 is 5.30. The number of ether oxygens (including phenoxy) is 1. The van der Waals surface area contributed by atoms with E-state index in [1.807, 2.05) is 6.92 Å². The molecule has 8 nitrogen and oxygen atoms in total. The number of hydrogen-bond acceptors (Lipinski definition) is 4. The maximum absolute atomic E-state index is 12.8. The van der Waals surface area contributed by atoms with E-state index in [9.17, 15) is 9.59 Å². The van der Waals surface area contributed by atoms with Gasteiger partial charge in [0.05, 0.1) is 19.3 Å². The Labute approximate surface area is 147 Å². The minimum atomic E-state index is -0.496. The van der Waals surface area contributed by atoms with Crippen LogP contribution in [0.1, 0.15) is 44.5 Å². The fourth-order valence-corrected chi connectivity index (χ4v) is 3.49. The predicted molar refractivity (Wildman–Crippen MR) is 91.9 cm³/mol. The van der Waals surface area contributed by atoms with Gasteiger partial charge in [-0.25, -0.2) is 9.78 Å². The van der Waals surface area contributed by atoms with E-state index in [1.54, 1.807) is 22.2 Å². The van der Waals surface area contributed by atoms with Gasteiger partial charge in [-0.1, -0.05) is 6.92 Å². The van der Waals surface area contributed by atoms with E-state index in [-0.39, 0.29) is 18.0 Å². The van der Waals surface area contributed by atoms with Gasteiger partial charge in [-0.2, -0.15) is 0 Å². The van der Waals surface area contributed by atoms with Crippen LogP contribution in [0.25, 0.3) is 0 Å². The fraction of sp³-hybridized carbons (Fsp3) is 0.706. The average molecular weight is 349 g/mol. The second kappa shape index (κ2) is 8.33. The molecule has 2 saturated heterocycles. The third-order valence-electron chi connectivity index (χ3n) is 4.93. The van der Waals surface area contributed by atoms with Crippen LogP contribution in [0.5, 0.6) is 0 Å². The van der Waals surface area contributed by atoms with E-state index in [2.05, 4.69) is 15.3 Å². The number of rotatable bonds is 4. The summed E-state index contributed by atoms with van der Waals surface area (Å²) in [5, 5.41) is 2.94. The molecule has 2 fully saturated rings. The van der Waals surface area contributed by atoms with Gasteiger partial charge in [0, 0.05) is 32.0 Å². The van der Waals surface area contributed by atoms with Crippen LogP contribution < -0.4 is 5.32 Å². The zero-order valence-corrected chi connectivity index (χ0v) is 14.7. The summed E-state index contributed by atoms with van der Waals surface area (Å²) in [5.74, 6) is 0.785. The van der Waals surface area contributed by atoms with Crippen LogP contribution in [0.2, 0.25) is 0 Å². The highest BCUT2D eigenvalue weighted by atomic mass is 16.5. The molecule has 3 rings (SSSR count). The zero-order valence-electron chi connectivity index (χ0n) is 14.7. The van der Waals surface area contributed by atoms with Crippen LogP contribution in [-0.2, 0) is 9.53 Å². The highest BCUT2D eigenvalue weighted by Crippen LogP contribution is 2.28. The Balaban J connectivity index is 1.64. The molecule has 2 aliphatic heterocycles. The molecule has 0 bridgehead atoms. The quantitative estimate of drug-likeness (QED) is 0.857. The largest absolute Gasteiger partial charge is 0.378 e. The number of hydrogen-bond donors (Lipinski definition) is 2. The minimum Gasteiger partial charge on any atom is -0.378 e. The van der Waals surface area contributed by atoms with Crippen molar-refractivity contribution in [3.8, 4) is 0 Å². The van der Waals surface area contributed by atoms with Gasteiger partial charge in [-0.05, 0) is 25.7 Å². The lowest BCUT2D eigenvalue weighted by Gasteiger charge is -2.36. The molecular weight excluding hydrogens is 322 g/mol. The third-order valence-corrected chi connectivity index (χ3v) is 4.93. The van der Waals surface area contributed by atoms with Crippen molar-refractivity contribution in [2.75, 3.05) is 32.8 Å². The highest BCUT2D eigenvalue weighted by molar-refractivity contribution is 5.87. The van der Waals surface area contributed by atoms with E-state index in [1.165, 1.54) is 0 Å². The van der Waals surface area contributed by atoms with Crippen molar-refractivity contribution in [3.63, 3.8) is 0 Å². The summed E-state index contributed by atoms with van der Waals surface area (Å²) in [6.45, 7) is 4.89. The standard InChI is InChI=1S/C17H27N5O3/c1-2-13(16(23)21-9-11-25-12-10-21)20-17(24)22-8-4-3-5-14(22)15-18-6-7-19-15/h6-7,13-14H,2-5,8-12H2,1H3,(H,18,19)(H,20,24)/t13-,14-/m0/s1. The molecule has 0 aromatic carbocycles. The first kappa shape index (κ1) is 17.7. The molecule has 1 aromatic rings. The first-order valence-electron chi connectivity index (χ1n) is 9.13. The SMILES string of the molecule is CC[C@H](NC(=O)N1CCCC[C@H]1c1ncc[nH]1)C(=O)N1CCOCC1. The number of aromatic nitrogens is 2. The second-order valence-corrected chi connectivity index (χ2v) is 6.53. The molecule has 2 aliphatic rings. The normalized spacial score (nSPS) is 22.5. The smallest absolute Gasteiger partial charge is 0.318 e. The molecule has 0 aliphatic carbocycles. The molecule has 0 saturated carbocycles. The molecule has 8 heteroatoms. The average Bonchev–Trinajstić information content (AvgIpc) is 3.20. The molecule has 0 radical (unpaired) electrons. The second-order valence-electron chi connectivity index (χ2n) is 6.53. The monoisotopic (exact) mass is 349 g/mol. The summed E-state index contributed by atoms with van der Waals surface area (Å²) in [4.78, 5) is 36.5. The summed E-state index contributed by atoms with van der Waals surface area (Å²) in [6, 6.07) is -0.737. The van der Waals surface area contributed by atoms with Crippen molar-refractivity contribution < 1.29 is 14.3 Å². The molecule has 138 valence electrons. The Morgan fingerprint density at radius 2 is 2.16 bits per heavy atom. The van der Waals surface area contributed by atoms with Gasteiger partial charge in [0.25, 0.3) is 0 Å². The van der Waals surface area contributed by atoms with Gasteiger partial charge < -0.3 is 24.8 Å². The predicted octanol–water partition coefficient (Wildman–Crippen LogP) is 1.28. The zero-order chi connectivity index (χ0) is 17.6. The summed E-state index contributed by atoms with van der Waals surface area (Å²) >= 11 is 0. The topological polar surface area (TPSA) is 90.6 Å². The lowest BCUT2D eigenvalue weighted by molar-refractivity contribution is -0.137. The first-order chi connectivity index (χ1) is 12.2. The van der Waals surface area contributed by atoms with Crippen LogP contribution in [0, 0.1) is 0 Å². The lowest BCUT2D eigenvalue weighted by atomic mass is 10.0. The van der Waals surface area contributed by atoms with E-state index >= 15 is 0 Å². The Hall–Kier alpha value is -2.09. The fourth-order valence-electron chi connectivity index (χ4n) is 3.49. The van der Waals surface area contributed by atoms with E-state index < -0.39 is 6.04 Å².